The molecule has 8 nitrogen and oxygen atoms in total. The highest BCUT2D eigenvalue weighted by Crippen LogP contribution is 2.28. The third-order valence-electron chi connectivity index (χ3n) is 5.10. The summed E-state index contributed by atoms with van der Waals surface area (Å²) < 4.78 is 34.0. The van der Waals surface area contributed by atoms with Gasteiger partial charge in [-0.25, -0.2) is 8.42 Å². The van der Waals surface area contributed by atoms with Crippen LogP contribution in [0.4, 0.5) is 0 Å². The predicted molar refractivity (Wildman–Crippen MR) is 122 cm³/mol. The molecule has 0 bridgehead atoms. The molecule has 1 aromatic carbocycles. The summed E-state index contributed by atoms with van der Waals surface area (Å²) in [5, 5.41) is 0. The summed E-state index contributed by atoms with van der Waals surface area (Å²) in [6.45, 7) is 4.41. The van der Waals surface area contributed by atoms with E-state index in [0.717, 1.165) is 24.7 Å². The maximum Gasteiger partial charge on any atom is 0.312 e. The maximum atomic E-state index is 13.1. The quantitative estimate of drug-likeness (QED) is 0.383. The number of sulfonamides is 1. The number of rotatable bonds is 11. The molecule has 178 valence electrons. The summed E-state index contributed by atoms with van der Waals surface area (Å²) in [5.74, 6) is -2.55. The molecule has 1 saturated heterocycles. The van der Waals surface area contributed by atoms with Crippen molar-refractivity contribution in [3.8, 4) is 0 Å². The minimum atomic E-state index is -3.63. The van der Waals surface area contributed by atoms with Crippen LogP contribution in [0, 0.1) is 17.8 Å². The van der Waals surface area contributed by atoms with Gasteiger partial charge in [0.1, 0.15) is 0 Å². The van der Waals surface area contributed by atoms with Crippen LogP contribution in [-0.4, -0.2) is 39.4 Å². The number of carbonyl (C=O) groups is 2. The van der Waals surface area contributed by atoms with Gasteiger partial charge < -0.3 is 9.47 Å². The van der Waals surface area contributed by atoms with E-state index >= 15 is 0 Å². The van der Waals surface area contributed by atoms with Crippen molar-refractivity contribution in [3.05, 3.63) is 42.0 Å². The zero-order valence-electron chi connectivity index (χ0n) is 19.0. The number of carbonyl (C=O) groups excluding carboxylic acids is 2. The molecular formula is C23H34N2O6S. The fourth-order valence-corrected chi connectivity index (χ4v) is 3.84. The summed E-state index contributed by atoms with van der Waals surface area (Å²) in [6.07, 6.45) is 7.16. The van der Waals surface area contributed by atoms with E-state index in [0.29, 0.717) is 19.4 Å². The smallest absolute Gasteiger partial charge is 0.312 e. The van der Waals surface area contributed by atoms with Gasteiger partial charge in [-0.05, 0) is 37.2 Å². The highest BCUT2D eigenvalue weighted by Gasteiger charge is 2.36. The highest BCUT2D eigenvalue weighted by atomic mass is 32.2. The van der Waals surface area contributed by atoms with Crippen molar-refractivity contribution in [2.45, 2.75) is 52.2 Å². The first-order valence-corrected chi connectivity index (χ1v) is 12.8. The summed E-state index contributed by atoms with van der Waals surface area (Å²) in [6, 6.07) is 9.62. The van der Waals surface area contributed by atoms with Crippen LogP contribution >= 0.6 is 0 Å². The lowest BCUT2D eigenvalue weighted by Crippen LogP contribution is -2.47. The van der Waals surface area contributed by atoms with Gasteiger partial charge in [-0.3, -0.25) is 15.0 Å². The molecule has 1 fully saturated rings. The molecule has 1 aromatic rings. The molecule has 0 aromatic heterocycles. The zero-order chi connectivity index (χ0) is 23.6. The Hall–Kier alpha value is -2.23. The molecule has 0 spiro atoms. The number of hydrazine groups is 1. The van der Waals surface area contributed by atoms with Crippen molar-refractivity contribution in [1.82, 2.24) is 10.3 Å². The van der Waals surface area contributed by atoms with Crippen molar-refractivity contribution in [2.24, 2.45) is 17.8 Å². The van der Waals surface area contributed by atoms with Crippen LogP contribution in [0.2, 0.25) is 0 Å². The number of nitrogens with one attached hydrogen (secondary N) is 2. The van der Waals surface area contributed by atoms with Crippen LogP contribution in [0.3, 0.4) is 0 Å². The standard InChI is InChI=1S/C23H34N2O6S/c1-17(2)16-20(22(26)24-25-32(3,28)29)19(13-9-12-18-10-5-4-6-11-18)23(27)31-21-14-7-8-15-30-21/h4-6,9-12,17,19-21,25H,7-8,13-16H2,1-3H3,(H,24,26)/t19-,20+,21?/m0/s1. The van der Waals surface area contributed by atoms with Gasteiger partial charge in [0.15, 0.2) is 0 Å². The lowest BCUT2D eigenvalue weighted by atomic mass is 9.82. The number of benzene rings is 1. The second kappa shape index (κ2) is 12.7. The number of ether oxygens (including phenoxy) is 2. The molecule has 0 saturated carbocycles. The van der Waals surface area contributed by atoms with E-state index in [2.05, 4.69) is 5.43 Å². The Morgan fingerprint density at radius 3 is 2.50 bits per heavy atom. The lowest BCUT2D eigenvalue weighted by molar-refractivity contribution is -0.193. The van der Waals surface area contributed by atoms with E-state index in [1.165, 1.54) is 0 Å². The summed E-state index contributed by atoms with van der Waals surface area (Å²) in [7, 11) is -3.63. The van der Waals surface area contributed by atoms with Gasteiger partial charge in [0.05, 0.1) is 24.7 Å². The molecule has 0 radical (unpaired) electrons. The SMILES string of the molecule is CC(C)C[C@@H](C(=O)NNS(C)(=O)=O)[C@H](CC=Cc1ccccc1)C(=O)OC1CCCCO1. The van der Waals surface area contributed by atoms with Crippen LogP contribution in [0.5, 0.6) is 0 Å². The molecule has 1 unspecified atom stereocenters. The minimum absolute atomic E-state index is 0.100. The average molecular weight is 467 g/mol. The van der Waals surface area contributed by atoms with Crippen LogP contribution in [0.25, 0.3) is 6.08 Å². The Morgan fingerprint density at radius 1 is 1.19 bits per heavy atom. The fraction of sp³-hybridized carbons (Fsp3) is 0.565. The van der Waals surface area contributed by atoms with Crippen LogP contribution in [0.1, 0.15) is 51.5 Å². The first kappa shape index (κ1) is 26.0. The van der Waals surface area contributed by atoms with Crippen molar-refractivity contribution in [3.63, 3.8) is 0 Å². The molecule has 32 heavy (non-hydrogen) atoms. The summed E-state index contributed by atoms with van der Waals surface area (Å²) >= 11 is 0. The molecule has 1 aliphatic rings. The molecule has 1 heterocycles. The monoisotopic (exact) mass is 466 g/mol. The predicted octanol–water partition coefficient (Wildman–Crippen LogP) is 3.02. The highest BCUT2D eigenvalue weighted by molar-refractivity contribution is 7.88. The largest absolute Gasteiger partial charge is 0.436 e. The van der Waals surface area contributed by atoms with Gasteiger partial charge in [0.2, 0.25) is 22.2 Å². The number of esters is 1. The maximum absolute atomic E-state index is 13.1. The molecule has 9 heteroatoms. The van der Waals surface area contributed by atoms with Gasteiger partial charge in [-0.15, -0.1) is 4.83 Å². The van der Waals surface area contributed by atoms with Crippen LogP contribution < -0.4 is 10.3 Å². The first-order chi connectivity index (χ1) is 15.2. The topological polar surface area (TPSA) is 111 Å². The Morgan fingerprint density at radius 2 is 1.91 bits per heavy atom. The van der Waals surface area contributed by atoms with E-state index in [1.807, 2.05) is 61.2 Å². The number of hydrogen-bond acceptors (Lipinski definition) is 6. The van der Waals surface area contributed by atoms with Crippen LogP contribution in [0.15, 0.2) is 36.4 Å². The zero-order valence-corrected chi connectivity index (χ0v) is 19.8. The molecule has 1 aliphatic heterocycles. The molecule has 3 atom stereocenters. The van der Waals surface area contributed by atoms with Crippen molar-refractivity contribution < 1.29 is 27.5 Å². The second-order valence-corrected chi connectivity index (χ2v) is 10.2. The van der Waals surface area contributed by atoms with E-state index in [-0.39, 0.29) is 12.3 Å². The van der Waals surface area contributed by atoms with Gasteiger partial charge in [0, 0.05) is 6.42 Å². The summed E-state index contributed by atoms with van der Waals surface area (Å²) in [5.41, 5.74) is 3.21. The van der Waals surface area contributed by atoms with E-state index < -0.39 is 40.0 Å². The Kier molecular flexibility index (Phi) is 10.3. The Bertz CT molecular complexity index is 864. The van der Waals surface area contributed by atoms with Crippen molar-refractivity contribution >= 4 is 28.0 Å². The van der Waals surface area contributed by atoms with Gasteiger partial charge in [-0.2, -0.15) is 0 Å². The summed E-state index contributed by atoms with van der Waals surface area (Å²) in [4.78, 5) is 28.0. The number of hydrogen-bond donors (Lipinski definition) is 2. The fourth-order valence-electron chi connectivity index (χ4n) is 3.56. The number of amides is 1. The normalized spacial score (nSPS) is 18.9. The Labute approximate surface area is 190 Å². The minimum Gasteiger partial charge on any atom is -0.436 e. The molecule has 2 rings (SSSR count). The molecule has 1 amide bonds. The third-order valence-corrected chi connectivity index (χ3v) is 5.57. The van der Waals surface area contributed by atoms with Crippen molar-refractivity contribution in [1.29, 1.82) is 0 Å². The first-order valence-electron chi connectivity index (χ1n) is 11.0. The average Bonchev–Trinajstić information content (AvgIpc) is 2.74. The van der Waals surface area contributed by atoms with E-state index in [4.69, 9.17) is 9.47 Å². The number of allylic oxidation sites excluding steroid dienone is 1. The van der Waals surface area contributed by atoms with Crippen molar-refractivity contribution in [2.75, 3.05) is 12.9 Å². The van der Waals surface area contributed by atoms with Gasteiger partial charge >= 0.3 is 5.97 Å². The van der Waals surface area contributed by atoms with Gasteiger partial charge in [-0.1, -0.05) is 56.3 Å². The Balaban J connectivity index is 2.22. The van der Waals surface area contributed by atoms with E-state index in [1.54, 1.807) is 0 Å². The lowest BCUT2D eigenvalue weighted by Gasteiger charge is -2.28. The molecule has 2 N–H and O–H groups in total. The van der Waals surface area contributed by atoms with Gasteiger partial charge in [0.25, 0.3) is 0 Å². The second-order valence-electron chi connectivity index (χ2n) is 8.49. The molecule has 0 aliphatic carbocycles. The van der Waals surface area contributed by atoms with Crippen LogP contribution in [-0.2, 0) is 29.1 Å². The third kappa shape index (κ3) is 9.50. The molecular weight excluding hydrogens is 432 g/mol. The van der Waals surface area contributed by atoms with E-state index in [9.17, 15) is 18.0 Å².